The molecule has 2 aliphatic rings. The lowest BCUT2D eigenvalue weighted by Gasteiger charge is -2.41. The van der Waals surface area contributed by atoms with Gasteiger partial charge in [0.05, 0.1) is 17.0 Å². The van der Waals surface area contributed by atoms with E-state index in [0.717, 1.165) is 25.7 Å². The summed E-state index contributed by atoms with van der Waals surface area (Å²) in [7, 11) is -3.11. The molecule has 0 aromatic rings. The molecule has 0 unspecified atom stereocenters. The molecule has 1 atom stereocenters. The van der Waals surface area contributed by atoms with E-state index in [1.165, 1.54) is 0 Å². The van der Waals surface area contributed by atoms with Crippen LogP contribution in [0.2, 0.25) is 0 Å². The Morgan fingerprint density at radius 3 is 2.35 bits per heavy atom. The molecule has 4 nitrogen and oxygen atoms in total. The first kappa shape index (κ1) is 13.3. The Bertz CT molecular complexity index is 371. The fourth-order valence-electron chi connectivity index (χ4n) is 2.99. The van der Waals surface area contributed by atoms with Gasteiger partial charge in [-0.05, 0) is 33.6 Å². The fourth-order valence-corrected chi connectivity index (χ4v) is 5.25. The molecule has 1 saturated carbocycles. The molecule has 2 fully saturated rings. The number of morpholine rings is 1. The van der Waals surface area contributed by atoms with E-state index in [4.69, 9.17) is 4.74 Å². The molecule has 1 aliphatic carbocycles. The van der Waals surface area contributed by atoms with E-state index < -0.39 is 10.0 Å². The van der Waals surface area contributed by atoms with Gasteiger partial charge in [-0.1, -0.05) is 12.8 Å². The molecule has 0 amide bonds. The Labute approximate surface area is 104 Å². The maximum Gasteiger partial charge on any atom is 0.217 e. The molecular weight excluding hydrogens is 238 g/mol. The lowest BCUT2D eigenvalue weighted by atomic mass is 10.1. The Morgan fingerprint density at radius 2 is 1.82 bits per heavy atom. The van der Waals surface area contributed by atoms with Crippen molar-refractivity contribution in [2.75, 3.05) is 13.1 Å². The Morgan fingerprint density at radius 1 is 1.24 bits per heavy atom. The van der Waals surface area contributed by atoms with Crippen molar-refractivity contribution in [1.29, 1.82) is 0 Å². The Kier molecular flexibility index (Phi) is 3.54. The first-order chi connectivity index (χ1) is 7.81. The second kappa shape index (κ2) is 4.52. The summed E-state index contributed by atoms with van der Waals surface area (Å²) in [6.07, 6.45) is 3.73. The van der Waals surface area contributed by atoms with E-state index in [2.05, 4.69) is 0 Å². The minimum absolute atomic E-state index is 0.0186. The number of rotatable bonds is 2. The maximum absolute atomic E-state index is 12.5. The van der Waals surface area contributed by atoms with Crippen molar-refractivity contribution in [3.8, 4) is 0 Å². The molecule has 0 aromatic heterocycles. The summed E-state index contributed by atoms with van der Waals surface area (Å²) in [6.45, 7) is 6.84. The van der Waals surface area contributed by atoms with Crippen molar-refractivity contribution >= 4 is 10.0 Å². The number of sulfonamides is 1. The SMILES string of the molecule is C[C@H]1CN(S(=O)(=O)C2CCCC2)CC(C)(C)O1. The molecule has 0 bridgehead atoms. The molecule has 1 aliphatic heterocycles. The topological polar surface area (TPSA) is 46.6 Å². The molecular formula is C12H23NO3S. The average molecular weight is 261 g/mol. The highest BCUT2D eigenvalue weighted by Crippen LogP contribution is 2.30. The number of hydrogen-bond acceptors (Lipinski definition) is 3. The molecule has 5 heteroatoms. The van der Waals surface area contributed by atoms with Crippen molar-refractivity contribution in [2.24, 2.45) is 0 Å². The summed E-state index contributed by atoms with van der Waals surface area (Å²) < 4.78 is 32.4. The molecule has 1 heterocycles. The van der Waals surface area contributed by atoms with Crippen molar-refractivity contribution in [2.45, 2.75) is 63.4 Å². The van der Waals surface area contributed by atoms with Gasteiger partial charge in [0.2, 0.25) is 10.0 Å². The van der Waals surface area contributed by atoms with Crippen LogP contribution in [0.3, 0.4) is 0 Å². The van der Waals surface area contributed by atoms with Gasteiger partial charge in [-0.2, -0.15) is 4.31 Å². The van der Waals surface area contributed by atoms with E-state index in [0.29, 0.717) is 13.1 Å². The van der Waals surface area contributed by atoms with Crippen LogP contribution in [0, 0.1) is 0 Å². The molecule has 0 N–H and O–H groups in total. The van der Waals surface area contributed by atoms with E-state index in [9.17, 15) is 8.42 Å². The third-order valence-electron chi connectivity index (χ3n) is 3.62. The van der Waals surface area contributed by atoms with Gasteiger partial charge in [0.15, 0.2) is 0 Å². The summed E-state index contributed by atoms with van der Waals surface area (Å²) in [5, 5.41) is -0.149. The number of ether oxygens (including phenoxy) is 1. The highest BCUT2D eigenvalue weighted by molar-refractivity contribution is 7.89. The fraction of sp³-hybridized carbons (Fsp3) is 1.00. The predicted molar refractivity (Wildman–Crippen MR) is 67.4 cm³/mol. The second-order valence-corrected chi connectivity index (χ2v) is 8.15. The van der Waals surface area contributed by atoms with Crippen LogP contribution in [0.1, 0.15) is 46.5 Å². The van der Waals surface area contributed by atoms with Crippen LogP contribution in [0.4, 0.5) is 0 Å². The van der Waals surface area contributed by atoms with Crippen molar-refractivity contribution in [1.82, 2.24) is 4.31 Å². The zero-order valence-corrected chi connectivity index (χ0v) is 11.8. The zero-order chi connectivity index (χ0) is 12.7. The molecule has 100 valence electrons. The first-order valence-electron chi connectivity index (χ1n) is 6.48. The maximum atomic E-state index is 12.5. The van der Waals surface area contributed by atoms with Crippen LogP contribution < -0.4 is 0 Å². The quantitative estimate of drug-likeness (QED) is 0.761. The van der Waals surface area contributed by atoms with Gasteiger partial charge in [0.25, 0.3) is 0 Å². The molecule has 0 aromatic carbocycles. The lowest BCUT2D eigenvalue weighted by Crippen LogP contribution is -2.55. The number of hydrogen-bond donors (Lipinski definition) is 0. The van der Waals surface area contributed by atoms with E-state index in [-0.39, 0.29) is 17.0 Å². The van der Waals surface area contributed by atoms with Crippen LogP contribution in [0.25, 0.3) is 0 Å². The van der Waals surface area contributed by atoms with Crippen LogP contribution in [0.15, 0.2) is 0 Å². The Balaban J connectivity index is 2.15. The standard InChI is InChI=1S/C12H23NO3S/c1-10-8-13(9-12(2,3)16-10)17(14,15)11-6-4-5-7-11/h10-11H,4-9H2,1-3H3/t10-/m0/s1. The third-order valence-corrected chi connectivity index (χ3v) is 5.93. The smallest absolute Gasteiger partial charge is 0.217 e. The summed E-state index contributed by atoms with van der Waals surface area (Å²) in [6, 6.07) is 0. The minimum Gasteiger partial charge on any atom is -0.370 e. The van der Waals surface area contributed by atoms with Crippen LogP contribution in [0.5, 0.6) is 0 Å². The largest absolute Gasteiger partial charge is 0.370 e. The van der Waals surface area contributed by atoms with Crippen LogP contribution >= 0.6 is 0 Å². The highest BCUT2D eigenvalue weighted by Gasteiger charge is 2.41. The second-order valence-electron chi connectivity index (χ2n) is 5.93. The average Bonchev–Trinajstić information content (AvgIpc) is 2.67. The van der Waals surface area contributed by atoms with Crippen molar-refractivity contribution < 1.29 is 13.2 Å². The van der Waals surface area contributed by atoms with E-state index in [1.807, 2.05) is 20.8 Å². The third kappa shape index (κ3) is 2.83. The molecule has 1 saturated heterocycles. The van der Waals surface area contributed by atoms with E-state index in [1.54, 1.807) is 4.31 Å². The monoisotopic (exact) mass is 261 g/mol. The van der Waals surface area contributed by atoms with E-state index >= 15 is 0 Å². The molecule has 2 rings (SSSR count). The van der Waals surface area contributed by atoms with Crippen LogP contribution in [-0.2, 0) is 14.8 Å². The minimum atomic E-state index is -3.11. The van der Waals surface area contributed by atoms with Crippen molar-refractivity contribution in [3.63, 3.8) is 0 Å². The molecule has 0 radical (unpaired) electrons. The molecule has 0 spiro atoms. The molecule has 17 heavy (non-hydrogen) atoms. The van der Waals surface area contributed by atoms with Gasteiger partial charge in [0, 0.05) is 13.1 Å². The summed E-state index contributed by atoms with van der Waals surface area (Å²) in [5.74, 6) is 0. The Hall–Kier alpha value is -0.130. The van der Waals surface area contributed by atoms with Gasteiger partial charge < -0.3 is 4.74 Å². The van der Waals surface area contributed by atoms with Crippen molar-refractivity contribution in [3.05, 3.63) is 0 Å². The first-order valence-corrected chi connectivity index (χ1v) is 7.98. The lowest BCUT2D eigenvalue weighted by molar-refractivity contribution is -0.109. The highest BCUT2D eigenvalue weighted by atomic mass is 32.2. The van der Waals surface area contributed by atoms with Gasteiger partial charge in [-0.15, -0.1) is 0 Å². The van der Waals surface area contributed by atoms with Gasteiger partial charge in [-0.3, -0.25) is 0 Å². The summed E-state index contributed by atoms with van der Waals surface area (Å²) in [5.41, 5.74) is -0.372. The normalized spacial score (nSPS) is 31.8. The van der Waals surface area contributed by atoms with Gasteiger partial charge >= 0.3 is 0 Å². The van der Waals surface area contributed by atoms with Crippen LogP contribution in [-0.4, -0.2) is 42.8 Å². The zero-order valence-electron chi connectivity index (χ0n) is 11.0. The summed E-state index contributed by atoms with van der Waals surface area (Å²) >= 11 is 0. The number of nitrogens with zero attached hydrogens (tertiary/aromatic N) is 1. The predicted octanol–water partition coefficient (Wildman–Crippen LogP) is 1.76. The van der Waals surface area contributed by atoms with Gasteiger partial charge in [0.1, 0.15) is 0 Å². The summed E-state index contributed by atoms with van der Waals surface area (Å²) in [4.78, 5) is 0. The van der Waals surface area contributed by atoms with Gasteiger partial charge in [-0.25, -0.2) is 8.42 Å².